The minimum atomic E-state index is -0.459. The Kier molecular flexibility index (Phi) is 4.12. The molecule has 0 saturated carbocycles. The average Bonchev–Trinajstić information content (AvgIpc) is 2.90. The van der Waals surface area contributed by atoms with Crippen LogP contribution in [0.1, 0.15) is 16.1 Å². The molecule has 0 spiro atoms. The Morgan fingerprint density at radius 3 is 2.74 bits per heavy atom. The summed E-state index contributed by atoms with van der Waals surface area (Å²) in [5.41, 5.74) is 1.96. The first-order chi connectivity index (χ1) is 11.1. The first kappa shape index (κ1) is 15.2. The third-order valence-electron chi connectivity index (χ3n) is 3.44. The molecule has 0 bridgehead atoms. The van der Waals surface area contributed by atoms with Crippen LogP contribution in [0.25, 0.3) is 10.9 Å². The lowest BCUT2D eigenvalue weighted by Gasteiger charge is -2.04. The minimum absolute atomic E-state index is 0.00328. The Morgan fingerprint density at radius 1 is 1.22 bits per heavy atom. The van der Waals surface area contributed by atoms with Crippen LogP contribution in [-0.2, 0) is 6.54 Å². The molecule has 3 rings (SSSR count). The van der Waals surface area contributed by atoms with Gasteiger partial charge in [-0.3, -0.25) is 14.9 Å². The monoisotopic (exact) mass is 373 g/mol. The Labute approximate surface area is 139 Å². The van der Waals surface area contributed by atoms with Gasteiger partial charge in [0.2, 0.25) is 0 Å². The number of aromatic amines is 1. The van der Waals surface area contributed by atoms with Crippen molar-refractivity contribution in [2.45, 2.75) is 6.54 Å². The van der Waals surface area contributed by atoms with Gasteiger partial charge in [0.15, 0.2) is 0 Å². The van der Waals surface area contributed by atoms with E-state index in [1.165, 1.54) is 12.1 Å². The normalized spacial score (nSPS) is 10.7. The number of nitro benzene ring substituents is 1. The summed E-state index contributed by atoms with van der Waals surface area (Å²) in [5.74, 6) is -0.278. The van der Waals surface area contributed by atoms with Crippen molar-refractivity contribution < 1.29 is 9.72 Å². The molecule has 3 aromatic rings. The maximum atomic E-state index is 12.3. The van der Waals surface area contributed by atoms with Crippen LogP contribution in [0.4, 0.5) is 5.69 Å². The van der Waals surface area contributed by atoms with Crippen LogP contribution in [0.2, 0.25) is 0 Å². The van der Waals surface area contributed by atoms with E-state index < -0.39 is 4.92 Å². The van der Waals surface area contributed by atoms with Crippen molar-refractivity contribution in [2.24, 2.45) is 0 Å². The van der Waals surface area contributed by atoms with Crippen molar-refractivity contribution in [3.8, 4) is 0 Å². The van der Waals surface area contributed by atoms with E-state index >= 15 is 0 Å². The molecule has 0 aliphatic rings. The van der Waals surface area contributed by atoms with E-state index in [4.69, 9.17) is 0 Å². The maximum absolute atomic E-state index is 12.3. The van der Waals surface area contributed by atoms with Gasteiger partial charge in [-0.25, -0.2) is 0 Å². The highest BCUT2D eigenvalue weighted by molar-refractivity contribution is 9.10. The number of hydrogen-bond acceptors (Lipinski definition) is 3. The number of benzene rings is 2. The van der Waals surface area contributed by atoms with Gasteiger partial charge in [-0.05, 0) is 27.6 Å². The number of halogens is 1. The smallest absolute Gasteiger partial charge is 0.269 e. The molecule has 23 heavy (non-hydrogen) atoms. The van der Waals surface area contributed by atoms with Crippen molar-refractivity contribution in [1.29, 1.82) is 0 Å². The number of H-pyrrole nitrogens is 1. The number of carbonyl (C=O) groups is 1. The summed E-state index contributed by atoms with van der Waals surface area (Å²) < 4.78 is 0.699. The van der Waals surface area contributed by atoms with Gasteiger partial charge in [0.1, 0.15) is 5.69 Å². The van der Waals surface area contributed by atoms with E-state index in [2.05, 4.69) is 26.2 Å². The van der Waals surface area contributed by atoms with Crippen molar-refractivity contribution in [2.75, 3.05) is 0 Å². The van der Waals surface area contributed by atoms with Crippen LogP contribution in [0.3, 0.4) is 0 Å². The maximum Gasteiger partial charge on any atom is 0.269 e. The molecule has 0 fully saturated rings. The van der Waals surface area contributed by atoms with Gasteiger partial charge >= 0.3 is 0 Å². The zero-order chi connectivity index (χ0) is 16.4. The van der Waals surface area contributed by atoms with Gasteiger partial charge in [0.05, 0.1) is 9.40 Å². The van der Waals surface area contributed by atoms with Crippen LogP contribution < -0.4 is 5.32 Å². The SMILES string of the molecule is O=C(NCc1cccc([N+](=O)[O-])c1)c1[nH]c2ccccc2c1Br. The number of nitrogens with zero attached hydrogens (tertiary/aromatic N) is 1. The van der Waals surface area contributed by atoms with Crippen molar-refractivity contribution >= 4 is 38.4 Å². The molecule has 1 amide bonds. The molecule has 6 nitrogen and oxygen atoms in total. The predicted molar refractivity (Wildman–Crippen MR) is 90.3 cm³/mol. The van der Waals surface area contributed by atoms with Crippen molar-refractivity contribution in [1.82, 2.24) is 10.3 Å². The Hall–Kier alpha value is -2.67. The molecule has 0 saturated heterocycles. The number of rotatable bonds is 4. The van der Waals surface area contributed by atoms with E-state index in [1.54, 1.807) is 12.1 Å². The fourth-order valence-corrected chi connectivity index (χ4v) is 2.94. The first-order valence-corrected chi connectivity index (χ1v) is 7.63. The fraction of sp³-hybridized carbons (Fsp3) is 0.0625. The Bertz CT molecular complexity index is 904. The second-order valence-corrected chi connectivity index (χ2v) is 5.76. The topological polar surface area (TPSA) is 88.0 Å². The number of nitrogens with one attached hydrogen (secondary N) is 2. The summed E-state index contributed by atoms with van der Waals surface area (Å²) in [6.07, 6.45) is 0. The number of aromatic nitrogens is 1. The highest BCUT2D eigenvalue weighted by Crippen LogP contribution is 2.27. The minimum Gasteiger partial charge on any atom is -0.350 e. The zero-order valence-electron chi connectivity index (χ0n) is 11.9. The van der Waals surface area contributed by atoms with E-state index in [-0.39, 0.29) is 18.1 Å². The summed E-state index contributed by atoms with van der Waals surface area (Å²) in [7, 11) is 0. The summed E-state index contributed by atoms with van der Waals surface area (Å²) in [6.45, 7) is 0.211. The summed E-state index contributed by atoms with van der Waals surface area (Å²) >= 11 is 3.43. The summed E-state index contributed by atoms with van der Waals surface area (Å²) in [5, 5.41) is 14.4. The Balaban J connectivity index is 1.77. The first-order valence-electron chi connectivity index (χ1n) is 6.84. The molecule has 1 heterocycles. The zero-order valence-corrected chi connectivity index (χ0v) is 13.5. The fourth-order valence-electron chi connectivity index (χ4n) is 2.31. The number of amides is 1. The third kappa shape index (κ3) is 3.09. The number of carbonyl (C=O) groups excluding carboxylic acids is 1. The van der Waals surface area contributed by atoms with E-state index in [0.29, 0.717) is 15.7 Å². The molecule has 0 aliphatic carbocycles. The van der Waals surface area contributed by atoms with Gasteiger partial charge in [-0.2, -0.15) is 0 Å². The number of fused-ring (bicyclic) bond motifs is 1. The molecule has 2 N–H and O–H groups in total. The molecule has 0 unspecified atom stereocenters. The molecular formula is C16H12BrN3O3. The van der Waals surface area contributed by atoms with Gasteiger partial charge in [-0.1, -0.05) is 30.3 Å². The van der Waals surface area contributed by atoms with Crippen molar-refractivity contribution in [3.63, 3.8) is 0 Å². The van der Waals surface area contributed by atoms with E-state index in [1.807, 2.05) is 24.3 Å². The third-order valence-corrected chi connectivity index (χ3v) is 4.27. The summed E-state index contributed by atoms with van der Waals surface area (Å²) in [4.78, 5) is 25.7. The largest absolute Gasteiger partial charge is 0.350 e. The van der Waals surface area contributed by atoms with E-state index in [9.17, 15) is 14.9 Å². The quantitative estimate of drug-likeness (QED) is 0.538. The highest BCUT2D eigenvalue weighted by Gasteiger charge is 2.15. The van der Waals surface area contributed by atoms with Gasteiger partial charge in [0.25, 0.3) is 11.6 Å². The highest BCUT2D eigenvalue weighted by atomic mass is 79.9. The van der Waals surface area contributed by atoms with Gasteiger partial charge in [-0.15, -0.1) is 0 Å². The molecule has 0 aliphatic heterocycles. The average molecular weight is 374 g/mol. The van der Waals surface area contributed by atoms with Crippen LogP contribution in [0.15, 0.2) is 53.0 Å². The second-order valence-electron chi connectivity index (χ2n) is 4.97. The molecule has 1 aromatic heterocycles. The van der Waals surface area contributed by atoms with Gasteiger partial charge in [0, 0.05) is 29.6 Å². The van der Waals surface area contributed by atoms with Gasteiger partial charge < -0.3 is 10.3 Å². The summed E-state index contributed by atoms with van der Waals surface area (Å²) in [6, 6.07) is 13.8. The lowest BCUT2D eigenvalue weighted by Crippen LogP contribution is -2.23. The van der Waals surface area contributed by atoms with Crippen LogP contribution in [-0.4, -0.2) is 15.8 Å². The van der Waals surface area contributed by atoms with Crippen LogP contribution in [0.5, 0.6) is 0 Å². The molecule has 116 valence electrons. The van der Waals surface area contributed by atoms with Crippen LogP contribution in [0, 0.1) is 10.1 Å². The van der Waals surface area contributed by atoms with Crippen molar-refractivity contribution in [3.05, 3.63) is 74.4 Å². The number of nitro groups is 1. The lowest BCUT2D eigenvalue weighted by molar-refractivity contribution is -0.384. The molecule has 0 atom stereocenters. The van der Waals surface area contributed by atoms with E-state index in [0.717, 1.165) is 10.9 Å². The number of hydrogen-bond donors (Lipinski definition) is 2. The molecule has 2 aromatic carbocycles. The lowest BCUT2D eigenvalue weighted by atomic mass is 10.2. The molecule has 0 radical (unpaired) electrons. The Morgan fingerprint density at radius 2 is 2.00 bits per heavy atom. The predicted octanol–water partition coefficient (Wildman–Crippen LogP) is 3.77. The molecule has 7 heteroatoms. The van der Waals surface area contributed by atoms with Crippen LogP contribution >= 0.6 is 15.9 Å². The second kappa shape index (κ2) is 6.21. The molecular weight excluding hydrogens is 362 g/mol. The number of para-hydroxylation sites is 1. The number of non-ortho nitro benzene ring substituents is 1. The standard InChI is InChI=1S/C16H12BrN3O3/c17-14-12-6-1-2-7-13(12)19-15(14)16(21)18-9-10-4-3-5-11(8-10)20(22)23/h1-8,19H,9H2,(H,18,21).